The molecule has 2 atom stereocenters. The summed E-state index contributed by atoms with van der Waals surface area (Å²) in [6, 6.07) is 9.13. The summed E-state index contributed by atoms with van der Waals surface area (Å²) in [4.78, 5) is 2.44. The van der Waals surface area contributed by atoms with Gasteiger partial charge >= 0.3 is 0 Å². The van der Waals surface area contributed by atoms with Gasteiger partial charge in [-0.2, -0.15) is 0 Å². The van der Waals surface area contributed by atoms with Crippen LogP contribution in [0.4, 0.5) is 0 Å². The zero-order valence-electron chi connectivity index (χ0n) is 12.0. The van der Waals surface area contributed by atoms with E-state index in [1.807, 2.05) is 0 Å². The monoisotopic (exact) mass is 262 g/mol. The number of nitrogens with zero attached hydrogens (tertiary/aromatic N) is 1. The van der Waals surface area contributed by atoms with E-state index in [0.717, 1.165) is 32.4 Å². The number of hydrogen-bond acceptors (Lipinski definition) is 3. The number of likely N-dealkylation sites (tertiary alicyclic amines) is 1. The Morgan fingerprint density at radius 1 is 1.26 bits per heavy atom. The average molecular weight is 262 g/mol. The third-order valence-corrected chi connectivity index (χ3v) is 4.19. The first-order valence-corrected chi connectivity index (χ1v) is 7.36. The van der Waals surface area contributed by atoms with E-state index in [2.05, 4.69) is 43.0 Å². The average Bonchev–Trinajstić information content (AvgIpc) is 2.43. The highest BCUT2D eigenvalue weighted by Crippen LogP contribution is 2.28. The molecule has 2 rings (SSSR count). The molecule has 1 fully saturated rings. The molecule has 0 aliphatic carbocycles. The van der Waals surface area contributed by atoms with Gasteiger partial charge in [-0.1, -0.05) is 36.8 Å². The van der Waals surface area contributed by atoms with E-state index in [-0.39, 0.29) is 18.2 Å². The maximum atomic E-state index is 9.65. The molecule has 0 saturated carbocycles. The quantitative estimate of drug-likeness (QED) is 0.875. The van der Waals surface area contributed by atoms with Crippen molar-refractivity contribution in [3.05, 3.63) is 35.4 Å². The summed E-state index contributed by atoms with van der Waals surface area (Å²) in [5.41, 5.74) is 8.93. The van der Waals surface area contributed by atoms with Gasteiger partial charge in [0, 0.05) is 25.2 Å². The molecule has 0 radical (unpaired) electrons. The minimum absolute atomic E-state index is 0.132. The Bertz CT molecular complexity index is 382. The molecule has 3 N–H and O–H groups in total. The van der Waals surface area contributed by atoms with E-state index in [0.29, 0.717) is 0 Å². The molecule has 0 spiro atoms. The van der Waals surface area contributed by atoms with Crippen molar-refractivity contribution < 1.29 is 5.11 Å². The van der Waals surface area contributed by atoms with Gasteiger partial charge in [0.1, 0.15) is 0 Å². The third-order valence-electron chi connectivity index (χ3n) is 4.19. The molecule has 3 heteroatoms. The molecule has 1 aromatic rings. The fourth-order valence-electron chi connectivity index (χ4n) is 2.88. The summed E-state index contributed by atoms with van der Waals surface area (Å²) in [7, 11) is 0. The van der Waals surface area contributed by atoms with Gasteiger partial charge in [-0.3, -0.25) is 4.90 Å². The van der Waals surface area contributed by atoms with Crippen LogP contribution in [0, 0.1) is 6.92 Å². The van der Waals surface area contributed by atoms with Crippen LogP contribution >= 0.6 is 0 Å². The molecule has 0 aromatic heterocycles. The number of nitrogens with two attached hydrogens (primary N) is 1. The highest BCUT2D eigenvalue weighted by molar-refractivity contribution is 5.25. The van der Waals surface area contributed by atoms with E-state index in [1.54, 1.807) is 0 Å². The van der Waals surface area contributed by atoms with Crippen LogP contribution in [0.2, 0.25) is 0 Å². The molecule has 1 aliphatic rings. The Kier molecular flexibility index (Phi) is 4.97. The number of aliphatic hydroxyl groups excluding tert-OH is 1. The molecular formula is C16H26N2O. The smallest absolute Gasteiger partial charge is 0.0564 e. The predicted molar refractivity (Wildman–Crippen MR) is 79.0 cm³/mol. The molecule has 1 heterocycles. The van der Waals surface area contributed by atoms with Crippen LogP contribution in [0.15, 0.2) is 24.3 Å². The molecule has 106 valence electrons. The molecule has 1 aliphatic heterocycles. The van der Waals surface area contributed by atoms with Gasteiger partial charge in [-0.15, -0.1) is 0 Å². The first-order valence-electron chi connectivity index (χ1n) is 7.36. The first kappa shape index (κ1) is 14.5. The van der Waals surface area contributed by atoms with Crippen molar-refractivity contribution in [2.24, 2.45) is 5.73 Å². The Balaban J connectivity index is 2.18. The van der Waals surface area contributed by atoms with E-state index < -0.39 is 0 Å². The van der Waals surface area contributed by atoms with Gasteiger partial charge in [0.15, 0.2) is 0 Å². The van der Waals surface area contributed by atoms with E-state index in [9.17, 15) is 5.11 Å². The van der Waals surface area contributed by atoms with Crippen molar-refractivity contribution in [3.8, 4) is 0 Å². The van der Waals surface area contributed by atoms with Gasteiger partial charge in [0.25, 0.3) is 0 Å². The fourth-order valence-corrected chi connectivity index (χ4v) is 2.88. The lowest BCUT2D eigenvalue weighted by molar-refractivity contribution is 0.0529. The van der Waals surface area contributed by atoms with Crippen molar-refractivity contribution in [2.45, 2.75) is 51.3 Å². The standard InChI is InChI=1S/C16H26N2O/c1-3-15(17)16(13-6-4-12(2)5-7-13)18-10-8-14(19)9-11-18/h4-7,14-16,19H,3,8-11,17H2,1-2H3. The second-order valence-electron chi connectivity index (χ2n) is 5.69. The van der Waals surface area contributed by atoms with Crippen LogP contribution in [0.3, 0.4) is 0 Å². The van der Waals surface area contributed by atoms with Crippen LogP contribution in [0.1, 0.15) is 43.4 Å². The fraction of sp³-hybridized carbons (Fsp3) is 0.625. The molecule has 0 bridgehead atoms. The number of aryl methyl sites for hydroxylation is 1. The number of aliphatic hydroxyl groups is 1. The van der Waals surface area contributed by atoms with E-state index >= 15 is 0 Å². The summed E-state index contributed by atoms with van der Waals surface area (Å²) in [5, 5.41) is 9.65. The van der Waals surface area contributed by atoms with Crippen LogP contribution in [-0.2, 0) is 0 Å². The Morgan fingerprint density at radius 2 is 1.84 bits per heavy atom. The van der Waals surface area contributed by atoms with Crippen molar-refractivity contribution in [3.63, 3.8) is 0 Å². The number of benzene rings is 1. The van der Waals surface area contributed by atoms with Crippen molar-refractivity contribution in [1.82, 2.24) is 4.90 Å². The molecule has 19 heavy (non-hydrogen) atoms. The van der Waals surface area contributed by atoms with Crippen molar-refractivity contribution in [1.29, 1.82) is 0 Å². The molecule has 1 aromatic carbocycles. The predicted octanol–water partition coefficient (Wildman–Crippen LogP) is 2.23. The van der Waals surface area contributed by atoms with Gasteiger partial charge in [0.05, 0.1) is 6.10 Å². The SMILES string of the molecule is CCC(N)C(c1ccc(C)cc1)N1CCC(O)CC1. The van der Waals surface area contributed by atoms with Gasteiger partial charge in [-0.25, -0.2) is 0 Å². The lowest BCUT2D eigenvalue weighted by Crippen LogP contribution is -2.45. The summed E-state index contributed by atoms with van der Waals surface area (Å²) >= 11 is 0. The van der Waals surface area contributed by atoms with E-state index in [1.165, 1.54) is 11.1 Å². The minimum Gasteiger partial charge on any atom is -0.393 e. The van der Waals surface area contributed by atoms with Gasteiger partial charge in [0.2, 0.25) is 0 Å². The third kappa shape index (κ3) is 3.56. The van der Waals surface area contributed by atoms with Crippen molar-refractivity contribution >= 4 is 0 Å². The zero-order chi connectivity index (χ0) is 13.8. The van der Waals surface area contributed by atoms with Crippen LogP contribution < -0.4 is 5.73 Å². The largest absolute Gasteiger partial charge is 0.393 e. The number of rotatable bonds is 4. The maximum absolute atomic E-state index is 9.65. The van der Waals surface area contributed by atoms with Gasteiger partial charge < -0.3 is 10.8 Å². The second-order valence-corrected chi connectivity index (χ2v) is 5.69. The normalized spacial score (nSPS) is 21.3. The van der Waals surface area contributed by atoms with Crippen LogP contribution in [0.5, 0.6) is 0 Å². The van der Waals surface area contributed by atoms with Gasteiger partial charge in [-0.05, 0) is 31.7 Å². The Hall–Kier alpha value is -0.900. The van der Waals surface area contributed by atoms with E-state index in [4.69, 9.17) is 5.73 Å². The Morgan fingerprint density at radius 3 is 2.37 bits per heavy atom. The summed E-state index contributed by atoms with van der Waals surface area (Å²) in [5.74, 6) is 0. The molecular weight excluding hydrogens is 236 g/mol. The highest BCUT2D eigenvalue weighted by Gasteiger charge is 2.28. The van der Waals surface area contributed by atoms with Crippen molar-refractivity contribution in [2.75, 3.05) is 13.1 Å². The molecule has 0 amide bonds. The highest BCUT2D eigenvalue weighted by atomic mass is 16.3. The summed E-state index contributed by atoms with van der Waals surface area (Å²) in [6.07, 6.45) is 2.56. The summed E-state index contributed by atoms with van der Waals surface area (Å²) < 4.78 is 0. The number of hydrogen-bond donors (Lipinski definition) is 2. The maximum Gasteiger partial charge on any atom is 0.0564 e. The molecule has 3 nitrogen and oxygen atoms in total. The summed E-state index contributed by atoms with van der Waals surface area (Å²) in [6.45, 7) is 6.13. The lowest BCUT2D eigenvalue weighted by Gasteiger charge is -2.39. The topological polar surface area (TPSA) is 49.5 Å². The van der Waals surface area contributed by atoms with Crippen LogP contribution in [-0.4, -0.2) is 35.2 Å². The number of piperidine rings is 1. The Labute approximate surface area is 116 Å². The molecule has 1 saturated heterocycles. The minimum atomic E-state index is -0.132. The molecule has 2 unspecified atom stereocenters. The first-order chi connectivity index (χ1) is 9.11. The second kappa shape index (κ2) is 6.51. The zero-order valence-corrected chi connectivity index (χ0v) is 12.0. The van der Waals surface area contributed by atoms with Crippen LogP contribution in [0.25, 0.3) is 0 Å². The lowest BCUT2D eigenvalue weighted by atomic mass is 9.93.